The van der Waals surface area contributed by atoms with Crippen LogP contribution in [0.3, 0.4) is 0 Å². The van der Waals surface area contributed by atoms with E-state index in [1.54, 1.807) is 0 Å². The van der Waals surface area contributed by atoms with Crippen molar-refractivity contribution in [1.82, 2.24) is 9.55 Å². The highest BCUT2D eigenvalue weighted by Gasteiger charge is 2.25. The van der Waals surface area contributed by atoms with E-state index in [4.69, 9.17) is 23.2 Å². The van der Waals surface area contributed by atoms with Gasteiger partial charge in [-0.2, -0.15) is 0 Å². The molecule has 1 heterocycles. The Morgan fingerprint density at radius 1 is 0.920 bits per heavy atom. The number of imidazole rings is 1. The maximum atomic E-state index is 6.03. The molecule has 4 heteroatoms. The van der Waals surface area contributed by atoms with E-state index in [9.17, 15) is 0 Å². The number of benzene rings is 2. The van der Waals surface area contributed by atoms with Crippen LogP contribution in [-0.2, 0) is 19.4 Å². The van der Waals surface area contributed by atoms with Crippen LogP contribution >= 0.6 is 23.2 Å². The molecule has 130 valence electrons. The molecule has 0 N–H and O–H groups in total. The van der Waals surface area contributed by atoms with Gasteiger partial charge < -0.3 is 4.57 Å². The number of hydrogen-bond acceptors (Lipinski definition) is 1. The zero-order chi connectivity index (χ0) is 17.7. The summed E-state index contributed by atoms with van der Waals surface area (Å²) in [6.07, 6.45) is 8.86. The number of hydrogen-bond donors (Lipinski definition) is 0. The SMILES string of the molecule is CC(CCc1ccc(Cl)cc1)(Cc1ccc(Cl)cc1)Cn1ccnc1. The van der Waals surface area contributed by atoms with Crippen LogP contribution in [0.5, 0.6) is 0 Å². The van der Waals surface area contributed by atoms with Gasteiger partial charge in [-0.15, -0.1) is 0 Å². The van der Waals surface area contributed by atoms with Gasteiger partial charge in [-0.1, -0.05) is 54.4 Å². The van der Waals surface area contributed by atoms with Crippen molar-refractivity contribution in [3.63, 3.8) is 0 Å². The first kappa shape index (κ1) is 18.0. The molecule has 1 atom stereocenters. The second-order valence-electron chi connectivity index (χ2n) is 6.98. The summed E-state index contributed by atoms with van der Waals surface area (Å²) in [5, 5.41) is 1.56. The summed E-state index contributed by atoms with van der Waals surface area (Å²) < 4.78 is 2.16. The molecule has 0 saturated carbocycles. The van der Waals surface area contributed by atoms with Gasteiger partial charge >= 0.3 is 0 Å². The number of nitrogens with zero attached hydrogens (tertiary/aromatic N) is 2. The molecule has 0 bridgehead atoms. The average Bonchev–Trinajstić information content (AvgIpc) is 3.09. The summed E-state index contributed by atoms with van der Waals surface area (Å²) in [6.45, 7) is 3.28. The van der Waals surface area contributed by atoms with Crippen molar-refractivity contribution >= 4 is 23.2 Å². The fourth-order valence-corrected chi connectivity index (χ4v) is 3.49. The number of aromatic nitrogens is 2. The zero-order valence-corrected chi connectivity index (χ0v) is 15.8. The lowest BCUT2D eigenvalue weighted by Crippen LogP contribution is -2.26. The Kier molecular flexibility index (Phi) is 5.82. The second kappa shape index (κ2) is 8.07. The molecule has 0 radical (unpaired) electrons. The van der Waals surface area contributed by atoms with Crippen LogP contribution in [-0.4, -0.2) is 9.55 Å². The minimum atomic E-state index is 0.119. The van der Waals surface area contributed by atoms with Crippen LogP contribution in [0, 0.1) is 5.41 Å². The van der Waals surface area contributed by atoms with E-state index in [2.05, 4.69) is 40.7 Å². The van der Waals surface area contributed by atoms with Gasteiger partial charge in [0.15, 0.2) is 0 Å². The largest absolute Gasteiger partial charge is 0.337 e. The summed E-state index contributed by atoms with van der Waals surface area (Å²) >= 11 is 12.0. The van der Waals surface area contributed by atoms with Crippen molar-refractivity contribution in [3.05, 3.63) is 88.4 Å². The van der Waals surface area contributed by atoms with Crippen LogP contribution in [0.2, 0.25) is 10.0 Å². The average molecular weight is 373 g/mol. The Hall–Kier alpha value is -1.77. The first-order valence-corrected chi connectivity index (χ1v) is 9.23. The Labute approximate surface area is 159 Å². The highest BCUT2D eigenvalue weighted by molar-refractivity contribution is 6.30. The molecule has 0 saturated heterocycles. The number of halogens is 2. The normalized spacial score (nSPS) is 13.6. The molecule has 0 aliphatic heterocycles. The van der Waals surface area contributed by atoms with Crippen LogP contribution in [0.4, 0.5) is 0 Å². The third kappa shape index (κ3) is 5.35. The fraction of sp³-hybridized carbons (Fsp3) is 0.286. The summed E-state index contributed by atoms with van der Waals surface area (Å²) in [5.74, 6) is 0. The van der Waals surface area contributed by atoms with Gasteiger partial charge in [-0.25, -0.2) is 4.98 Å². The van der Waals surface area contributed by atoms with Crippen molar-refractivity contribution < 1.29 is 0 Å². The van der Waals surface area contributed by atoms with Crippen molar-refractivity contribution in [3.8, 4) is 0 Å². The number of rotatable bonds is 7. The van der Waals surface area contributed by atoms with Crippen LogP contribution in [0.25, 0.3) is 0 Å². The number of aryl methyl sites for hydroxylation is 1. The fourth-order valence-electron chi connectivity index (χ4n) is 3.24. The van der Waals surface area contributed by atoms with Gasteiger partial charge in [0.1, 0.15) is 0 Å². The van der Waals surface area contributed by atoms with Gasteiger partial charge in [0.25, 0.3) is 0 Å². The van der Waals surface area contributed by atoms with Crippen molar-refractivity contribution in [1.29, 1.82) is 0 Å². The van der Waals surface area contributed by atoms with Gasteiger partial charge in [0.05, 0.1) is 6.33 Å². The van der Waals surface area contributed by atoms with Crippen LogP contribution in [0.15, 0.2) is 67.3 Å². The molecular weight excluding hydrogens is 351 g/mol. The topological polar surface area (TPSA) is 17.8 Å². The minimum Gasteiger partial charge on any atom is -0.337 e. The van der Waals surface area contributed by atoms with Gasteiger partial charge in [-0.3, -0.25) is 0 Å². The molecule has 3 rings (SSSR count). The van der Waals surface area contributed by atoms with Gasteiger partial charge in [0, 0.05) is 29.0 Å². The molecule has 0 amide bonds. The molecule has 25 heavy (non-hydrogen) atoms. The lowest BCUT2D eigenvalue weighted by atomic mass is 9.78. The molecule has 1 aromatic heterocycles. The molecule has 0 fully saturated rings. The smallest absolute Gasteiger partial charge is 0.0946 e. The summed E-state index contributed by atoms with van der Waals surface area (Å²) in [6, 6.07) is 16.3. The third-order valence-electron chi connectivity index (χ3n) is 4.60. The first-order valence-electron chi connectivity index (χ1n) is 8.47. The van der Waals surface area contributed by atoms with Crippen LogP contribution in [0.1, 0.15) is 24.5 Å². The second-order valence-corrected chi connectivity index (χ2v) is 7.85. The molecule has 0 spiro atoms. The van der Waals surface area contributed by atoms with E-state index in [0.717, 1.165) is 35.9 Å². The predicted octanol–water partition coefficient (Wildman–Crippen LogP) is 6.07. The van der Waals surface area contributed by atoms with Gasteiger partial charge in [-0.05, 0) is 60.1 Å². The van der Waals surface area contributed by atoms with Crippen molar-refractivity contribution in [2.45, 2.75) is 32.7 Å². The Balaban J connectivity index is 1.75. The van der Waals surface area contributed by atoms with E-state index in [1.165, 1.54) is 11.1 Å². The first-order chi connectivity index (χ1) is 12.0. The summed E-state index contributed by atoms with van der Waals surface area (Å²) in [7, 11) is 0. The standard InChI is InChI=1S/C21H22Cl2N2/c1-21(15-25-13-12-24-16-25,14-18-4-8-20(23)9-5-18)11-10-17-2-6-19(22)7-3-17/h2-9,12-13,16H,10-11,14-15H2,1H3. The Morgan fingerprint density at radius 3 is 2.08 bits per heavy atom. The monoisotopic (exact) mass is 372 g/mol. The van der Waals surface area contributed by atoms with Crippen molar-refractivity contribution in [2.75, 3.05) is 0 Å². The predicted molar refractivity (Wildman–Crippen MR) is 105 cm³/mol. The zero-order valence-electron chi connectivity index (χ0n) is 14.3. The summed E-state index contributed by atoms with van der Waals surface area (Å²) in [4.78, 5) is 4.18. The molecule has 1 unspecified atom stereocenters. The Morgan fingerprint density at radius 2 is 1.52 bits per heavy atom. The van der Waals surface area contributed by atoms with Crippen molar-refractivity contribution in [2.24, 2.45) is 5.41 Å². The molecule has 3 aromatic rings. The highest BCUT2D eigenvalue weighted by Crippen LogP contribution is 2.31. The molecule has 2 aromatic carbocycles. The third-order valence-corrected chi connectivity index (χ3v) is 5.10. The van der Waals surface area contributed by atoms with E-state index in [0.29, 0.717) is 0 Å². The maximum absolute atomic E-state index is 6.03. The lowest BCUT2D eigenvalue weighted by molar-refractivity contribution is 0.247. The molecule has 2 nitrogen and oxygen atoms in total. The molecular formula is C21H22Cl2N2. The highest BCUT2D eigenvalue weighted by atomic mass is 35.5. The quantitative estimate of drug-likeness (QED) is 0.491. The molecule has 0 aliphatic carbocycles. The van der Waals surface area contributed by atoms with Gasteiger partial charge in [0.2, 0.25) is 0 Å². The van der Waals surface area contributed by atoms with E-state index in [-0.39, 0.29) is 5.41 Å². The lowest BCUT2D eigenvalue weighted by Gasteiger charge is -2.30. The summed E-state index contributed by atoms with van der Waals surface area (Å²) in [5.41, 5.74) is 2.74. The van der Waals surface area contributed by atoms with E-state index >= 15 is 0 Å². The van der Waals surface area contributed by atoms with Crippen LogP contribution < -0.4 is 0 Å². The molecule has 0 aliphatic rings. The minimum absolute atomic E-state index is 0.119. The maximum Gasteiger partial charge on any atom is 0.0946 e. The Bertz CT molecular complexity index is 780. The van der Waals surface area contributed by atoms with E-state index < -0.39 is 0 Å². The van der Waals surface area contributed by atoms with E-state index in [1.807, 2.05) is 43.0 Å².